The molecule has 0 N–H and O–H groups in total. The monoisotopic (exact) mass is 290 g/mol. The third-order valence-corrected chi connectivity index (χ3v) is 3.70. The van der Waals surface area contributed by atoms with Gasteiger partial charge in [0.2, 0.25) is 0 Å². The molecule has 0 spiro atoms. The Kier molecular flexibility index (Phi) is 6.77. The second kappa shape index (κ2) is 8.85. The Bertz CT molecular complexity index is 405. The van der Waals surface area contributed by atoms with Crippen LogP contribution in [0.1, 0.15) is 44.5 Å². The first-order chi connectivity index (χ1) is 10.3. The van der Waals surface area contributed by atoms with E-state index in [2.05, 4.69) is 13.5 Å². The van der Waals surface area contributed by atoms with Crippen LogP contribution in [0.15, 0.2) is 36.9 Å². The van der Waals surface area contributed by atoms with E-state index in [0.717, 1.165) is 24.5 Å². The Morgan fingerprint density at radius 3 is 2.52 bits per heavy atom. The van der Waals surface area contributed by atoms with Crippen LogP contribution in [-0.4, -0.2) is 19.8 Å². The Balaban J connectivity index is 1.77. The fourth-order valence-electron chi connectivity index (χ4n) is 2.46. The molecule has 1 saturated heterocycles. The van der Waals surface area contributed by atoms with Crippen molar-refractivity contribution in [2.45, 2.75) is 38.9 Å². The maximum absolute atomic E-state index is 5.85. The van der Waals surface area contributed by atoms with E-state index in [1.165, 1.54) is 25.7 Å². The molecule has 1 aromatic rings. The van der Waals surface area contributed by atoms with Gasteiger partial charge < -0.3 is 14.2 Å². The van der Waals surface area contributed by atoms with Gasteiger partial charge in [0, 0.05) is 11.5 Å². The van der Waals surface area contributed by atoms with Crippen molar-refractivity contribution in [3.05, 3.63) is 42.5 Å². The van der Waals surface area contributed by atoms with E-state index in [9.17, 15) is 0 Å². The van der Waals surface area contributed by atoms with Crippen LogP contribution in [0, 0.1) is 5.92 Å². The number of hydrogen-bond donors (Lipinski definition) is 0. The molecule has 21 heavy (non-hydrogen) atoms. The minimum Gasteiger partial charge on any atom is -0.490 e. The van der Waals surface area contributed by atoms with Crippen LogP contribution in [0.2, 0.25) is 0 Å². The van der Waals surface area contributed by atoms with Crippen LogP contribution in [0.25, 0.3) is 0 Å². The van der Waals surface area contributed by atoms with Gasteiger partial charge in [-0.05, 0) is 18.6 Å². The summed E-state index contributed by atoms with van der Waals surface area (Å²) in [6, 6.07) is 7.89. The van der Waals surface area contributed by atoms with Crippen LogP contribution >= 0.6 is 0 Å². The van der Waals surface area contributed by atoms with Crippen molar-refractivity contribution in [2.75, 3.05) is 19.8 Å². The molecule has 1 heterocycles. The van der Waals surface area contributed by atoms with Gasteiger partial charge >= 0.3 is 0 Å². The number of unbranched alkanes of at least 4 members (excludes halogenated alkanes) is 2. The molecule has 1 fully saturated rings. The minimum absolute atomic E-state index is 0.235. The molecule has 0 unspecified atom stereocenters. The van der Waals surface area contributed by atoms with Gasteiger partial charge in [0.15, 0.2) is 6.29 Å². The first-order valence-electron chi connectivity index (χ1n) is 7.90. The molecule has 3 nitrogen and oxygen atoms in total. The second-order valence-corrected chi connectivity index (χ2v) is 5.53. The molecule has 1 aliphatic heterocycles. The van der Waals surface area contributed by atoms with Crippen LogP contribution < -0.4 is 4.74 Å². The summed E-state index contributed by atoms with van der Waals surface area (Å²) in [4.78, 5) is 0. The molecule has 116 valence electrons. The Morgan fingerprint density at radius 1 is 1.19 bits per heavy atom. The summed E-state index contributed by atoms with van der Waals surface area (Å²) in [7, 11) is 0. The van der Waals surface area contributed by atoms with Gasteiger partial charge in [-0.1, -0.05) is 51.0 Å². The Hall–Kier alpha value is -1.32. The first kappa shape index (κ1) is 16.1. The van der Waals surface area contributed by atoms with Crippen molar-refractivity contribution in [1.82, 2.24) is 0 Å². The standard InChI is InChI=1S/C18H26O3/c1-3-5-6-7-15-13-20-18(21-14-15)16-8-10-17(11-9-16)19-12-4-2/h4,8-11,15,18H,2-3,5-7,12-14H2,1H3. The van der Waals surface area contributed by atoms with Gasteiger partial charge in [-0.25, -0.2) is 0 Å². The summed E-state index contributed by atoms with van der Waals surface area (Å²) in [6.45, 7) is 7.98. The maximum Gasteiger partial charge on any atom is 0.183 e. The zero-order valence-electron chi connectivity index (χ0n) is 12.9. The van der Waals surface area contributed by atoms with E-state index in [0.29, 0.717) is 12.5 Å². The quantitative estimate of drug-likeness (QED) is 0.521. The first-order valence-corrected chi connectivity index (χ1v) is 7.90. The highest BCUT2D eigenvalue weighted by atomic mass is 16.7. The van der Waals surface area contributed by atoms with Crippen molar-refractivity contribution in [1.29, 1.82) is 0 Å². The van der Waals surface area contributed by atoms with E-state index < -0.39 is 0 Å². The third-order valence-electron chi connectivity index (χ3n) is 3.70. The number of rotatable bonds is 8. The van der Waals surface area contributed by atoms with Crippen LogP contribution in [-0.2, 0) is 9.47 Å². The van der Waals surface area contributed by atoms with E-state index in [-0.39, 0.29) is 6.29 Å². The van der Waals surface area contributed by atoms with Crippen LogP contribution in [0.4, 0.5) is 0 Å². The number of benzene rings is 1. The van der Waals surface area contributed by atoms with Gasteiger partial charge in [-0.3, -0.25) is 0 Å². The van der Waals surface area contributed by atoms with E-state index in [1.54, 1.807) is 6.08 Å². The van der Waals surface area contributed by atoms with Gasteiger partial charge in [0.25, 0.3) is 0 Å². The molecule has 2 rings (SSSR count). The van der Waals surface area contributed by atoms with Crippen LogP contribution in [0.3, 0.4) is 0 Å². The summed E-state index contributed by atoms with van der Waals surface area (Å²) in [6.07, 6.45) is 6.53. The summed E-state index contributed by atoms with van der Waals surface area (Å²) in [5.41, 5.74) is 1.05. The van der Waals surface area contributed by atoms with E-state index >= 15 is 0 Å². The van der Waals surface area contributed by atoms with Gasteiger partial charge in [0.05, 0.1) is 13.2 Å². The van der Waals surface area contributed by atoms with Crippen molar-refractivity contribution >= 4 is 0 Å². The predicted molar refractivity (Wildman–Crippen MR) is 84.4 cm³/mol. The molecule has 3 heteroatoms. The minimum atomic E-state index is -0.235. The molecule has 0 aromatic heterocycles. The molecule has 1 aliphatic rings. The Labute approximate surface area is 127 Å². The molecule has 0 bridgehead atoms. The topological polar surface area (TPSA) is 27.7 Å². The highest BCUT2D eigenvalue weighted by Gasteiger charge is 2.23. The lowest BCUT2D eigenvalue weighted by Crippen LogP contribution is -2.27. The largest absolute Gasteiger partial charge is 0.490 e. The smallest absolute Gasteiger partial charge is 0.183 e. The molecule has 0 saturated carbocycles. The van der Waals surface area contributed by atoms with Gasteiger partial charge in [-0.15, -0.1) is 0 Å². The van der Waals surface area contributed by atoms with Gasteiger partial charge in [-0.2, -0.15) is 0 Å². The fraction of sp³-hybridized carbons (Fsp3) is 0.556. The molecule has 0 atom stereocenters. The zero-order chi connectivity index (χ0) is 14.9. The van der Waals surface area contributed by atoms with Crippen LogP contribution in [0.5, 0.6) is 5.75 Å². The molecule has 1 aromatic carbocycles. The average Bonchev–Trinajstić information content (AvgIpc) is 2.54. The van der Waals surface area contributed by atoms with Gasteiger partial charge in [0.1, 0.15) is 12.4 Å². The molecule has 0 radical (unpaired) electrons. The van der Waals surface area contributed by atoms with Crippen molar-refractivity contribution in [3.8, 4) is 5.75 Å². The molecule has 0 amide bonds. The number of hydrogen-bond acceptors (Lipinski definition) is 3. The lowest BCUT2D eigenvalue weighted by Gasteiger charge is -2.29. The molecular weight excluding hydrogens is 264 g/mol. The Morgan fingerprint density at radius 2 is 1.90 bits per heavy atom. The second-order valence-electron chi connectivity index (χ2n) is 5.53. The average molecular weight is 290 g/mol. The van der Waals surface area contributed by atoms with E-state index in [4.69, 9.17) is 14.2 Å². The summed E-state index contributed by atoms with van der Waals surface area (Å²) in [5, 5.41) is 0. The third kappa shape index (κ3) is 5.18. The van der Waals surface area contributed by atoms with E-state index in [1.807, 2.05) is 24.3 Å². The summed E-state index contributed by atoms with van der Waals surface area (Å²) in [5.74, 6) is 1.38. The van der Waals surface area contributed by atoms with Crippen molar-refractivity contribution in [2.24, 2.45) is 5.92 Å². The lowest BCUT2D eigenvalue weighted by molar-refractivity contribution is -0.206. The highest BCUT2D eigenvalue weighted by molar-refractivity contribution is 5.28. The normalized spacial score (nSPS) is 22.0. The fourth-order valence-corrected chi connectivity index (χ4v) is 2.46. The van der Waals surface area contributed by atoms with Crippen molar-refractivity contribution in [3.63, 3.8) is 0 Å². The summed E-state index contributed by atoms with van der Waals surface area (Å²) >= 11 is 0. The predicted octanol–water partition coefficient (Wildman–Crippen LogP) is 4.49. The maximum atomic E-state index is 5.85. The SMILES string of the molecule is C=CCOc1ccc(C2OCC(CCCCC)CO2)cc1. The zero-order valence-corrected chi connectivity index (χ0v) is 12.9. The highest BCUT2D eigenvalue weighted by Crippen LogP contribution is 2.28. The molecule has 0 aliphatic carbocycles. The van der Waals surface area contributed by atoms with Crippen molar-refractivity contribution < 1.29 is 14.2 Å². The molecular formula is C18H26O3. The summed E-state index contributed by atoms with van der Waals surface area (Å²) < 4.78 is 17.2. The number of ether oxygens (including phenoxy) is 3. The lowest BCUT2D eigenvalue weighted by atomic mass is 10.0.